The number of halogens is 2. The summed E-state index contributed by atoms with van der Waals surface area (Å²) in [5, 5.41) is -0.489. The fourth-order valence-corrected chi connectivity index (χ4v) is 2.33. The Labute approximate surface area is 111 Å². The van der Waals surface area contributed by atoms with Gasteiger partial charge >= 0.3 is 0 Å². The lowest BCUT2D eigenvalue weighted by molar-refractivity contribution is 0.414. The molecule has 0 amide bonds. The zero-order valence-electron chi connectivity index (χ0n) is 10.3. The second-order valence-electron chi connectivity index (χ2n) is 4.11. The van der Waals surface area contributed by atoms with Crippen LogP contribution in [0.3, 0.4) is 0 Å². The molecule has 0 saturated carbocycles. The van der Waals surface area contributed by atoms with E-state index in [9.17, 15) is 4.39 Å². The van der Waals surface area contributed by atoms with E-state index in [1.165, 1.54) is 6.07 Å². The van der Waals surface area contributed by atoms with Gasteiger partial charge in [-0.2, -0.15) is 0 Å². The van der Waals surface area contributed by atoms with Crippen molar-refractivity contribution in [1.82, 2.24) is 0 Å². The lowest BCUT2D eigenvalue weighted by Crippen LogP contribution is -1.99. The molecular weight excluding hydrogens is 251 g/mol. The Balaban J connectivity index is 2.40. The fraction of sp³-hybridized carbons (Fsp3) is 0.200. The van der Waals surface area contributed by atoms with Gasteiger partial charge in [-0.3, -0.25) is 0 Å². The summed E-state index contributed by atoms with van der Waals surface area (Å²) in [7, 11) is 1.61. The molecule has 0 heterocycles. The average Bonchev–Trinajstić information content (AvgIpc) is 2.38. The van der Waals surface area contributed by atoms with Crippen molar-refractivity contribution in [1.29, 1.82) is 0 Å². The van der Waals surface area contributed by atoms with Crippen molar-refractivity contribution >= 4 is 11.6 Å². The van der Waals surface area contributed by atoms with E-state index >= 15 is 0 Å². The summed E-state index contributed by atoms with van der Waals surface area (Å²) in [6, 6.07) is 12.2. The van der Waals surface area contributed by atoms with E-state index in [2.05, 4.69) is 0 Å². The average molecular weight is 265 g/mol. The highest BCUT2D eigenvalue weighted by Gasteiger charge is 2.16. The zero-order valence-corrected chi connectivity index (χ0v) is 11.0. The molecular formula is C15H14ClFO. The number of aryl methyl sites for hydroxylation is 1. The van der Waals surface area contributed by atoms with Crippen LogP contribution >= 0.6 is 11.6 Å². The predicted octanol–water partition coefficient (Wildman–Crippen LogP) is 4.47. The molecule has 1 nitrogen and oxygen atoms in total. The van der Waals surface area contributed by atoms with Crippen LogP contribution in [0.25, 0.3) is 0 Å². The SMILES string of the molecule is COc1ccc(C(Cl)c2ccccc2F)c(C)c1. The topological polar surface area (TPSA) is 9.23 Å². The standard InChI is InChI=1S/C15H14ClFO/c1-10-9-11(18-2)7-8-12(10)15(16)13-5-3-4-6-14(13)17/h3-9,15H,1-2H3. The quantitative estimate of drug-likeness (QED) is 0.743. The van der Waals surface area contributed by atoms with E-state index < -0.39 is 5.38 Å². The summed E-state index contributed by atoms with van der Waals surface area (Å²) in [6.07, 6.45) is 0. The first-order valence-corrected chi connectivity index (χ1v) is 6.10. The molecule has 94 valence electrons. The number of rotatable bonds is 3. The van der Waals surface area contributed by atoms with Crippen LogP contribution < -0.4 is 4.74 Å². The molecule has 1 unspecified atom stereocenters. The van der Waals surface area contributed by atoms with Crippen molar-refractivity contribution in [3.05, 3.63) is 65.0 Å². The highest BCUT2D eigenvalue weighted by Crippen LogP contribution is 2.33. The smallest absolute Gasteiger partial charge is 0.128 e. The van der Waals surface area contributed by atoms with Gasteiger partial charge < -0.3 is 4.74 Å². The number of hydrogen-bond donors (Lipinski definition) is 0. The Morgan fingerprint density at radius 2 is 1.83 bits per heavy atom. The Morgan fingerprint density at radius 3 is 2.44 bits per heavy atom. The van der Waals surface area contributed by atoms with Crippen molar-refractivity contribution in [3.8, 4) is 5.75 Å². The van der Waals surface area contributed by atoms with Gasteiger partial charge in [0.2, 0.25) is 0 Å². The summed E-state index contributed by atoms with van der Waals surface area (Å²) >= 11 is 6.36. The van der Waals surface area contributed by atoms with Gasteiger partial charge in [0.05, 0.1) is 12.5 Å². The molecule has 2 aromatic carbocycles. The number of alkyl halides is 1. The first-order valence-electron chi connectivity index (χ1n) is 5.66. The maximum absolute atomic E-state index is 13.7. The molecule has 0 radical (unpaired) electrons. The third-order valence-electron chi connectivity index (χ3n) is 2.93. The minimum Gasteiger partial charge on any atom is -0.497 e. The molecule has 0 aromatic heterocycles. The Kier molecular flexibility index (Phi) is 3.87. The monoisotopic (exact) mass is 264 g/mol. The molecule has 0 aliphatic rings. The molecule has 18 heavy (non-hydrogen) atoms. The van der Waals surface area contributed by atoms with Gasteiger partial charge in [0.1, 0.15) is 11.6 Å². The summed E-state index contributed by atoms with van der Waals surface area (Å²) in [5.41, 5.74) is 2.37. The van der Waals surface area contributed by atoms with Gasteiger partial charge in [0, 0.05) is 5.56 Å². The molecule has 0 N–H and O–H groups in total. The van der Waals surface area contributed by atoms with Crippen molar-refractivity contribution in [2.45, 2.75) is 12.3 Å². The van der Waals surface area contributed by atoms with Gasteiger partial charge in [-0.1, -0.05) is 24.3 Å². The van der Waals surface area contributed by atoms with Crippen molar-refractivity contribution in [3.63, 3.8) is 0 Å². The van der Waals surface area contributed by atoms with Crippen LogP contribution in [-0.4, -0.2) is 7.11 Å². The molecule has 0 aliphatic heterocycles. The van der Waals surface area contributed by atoms with E-state index in [1.54, 1.807) is 25.3 Å². The molecule has 0 saturated heterocycles. The lowest BCUT2D eigenvalue weighted by Gasteiger charge is -2.14. The van der Waals surface area contributed by atoms with Crippen LogP contribution in [0.4, 0.5) is 4.39 Å². The second-order valence-corrected chi connectivity index (χ2v) is 4.54. The third kappa shape index (κ3) is 2.49. The van der Waals surface area contributed by atoms with E-state index in [0.29, 0.717) is 5.56 Å². The first-order chi connectivity index (χ1) is 8.63. The van der Waals surface area contributed by atoms with Crippen molar-refractivity contribution in [2.24, 2.45) is 0 Å². The molecule has 0 spiro atoms. The van der Waals surface area contributed by atoms with Crippen molar-refractivity contribution < 1.29 is 9.13 Å². The van der Waals surface area contributed by atoms with Crippen LogP contribution in [-0.2, 0) is 0 Å². The number of ether oxygens (including phenoxy) is 1. The largest absolute Gasteiger partial charge is 0.497 e. The maximum Gasteiger partial charge on any atom is 0.128 e. The minimum absolute atomic E-state index is 0.285. The van der Waals surface area contributed by atoms with Crippen LogP contribution in [0.15, 0.2) is 42.5 Å². The van der Waals surface area contributed by atoms with E-state index in [1.807, 2.05) is 25.1 Å². The van der Waals surface area contributed by atoms with Gasteiger partial charge in [-0.25, -0.2) is 4.39 Å². The van der Waals surface area contributed by atoms with Gasteiger partial charge in [0.15, 0.2) is 0 Å². The fourth-order valence-electron chi connectivity index (χ4n) is 1.91. The number of benzene rings is 2. The summed E-state index contributed by atoms with van der Waals surface area (Å²) < 4.78 is 18.8. The van der Waals surface area contributed by atoms with Gasteiger partial charge in [-0.15, -0.1) is 11.6 Å². The zero-order chi connectivity index (χ0) is 13.1. The molecule has 2 rings (SSSR count). The molecule has 3 heteroatoms. The second kappa shape index (κ2) is 5.40. The van der Waals surface area contributed by atoms with Gasteiger partial charge in [-0.05, 0) is 36.2 Å². The van der Waals surface area contributed by atoms with Crippen LogP contribution in [0, 0.1) is 12.7 Å². The molecule has 0 fully saturated rings. The Bertz CT molecular complexity index is 554. The van der Waals surface area contributed by atoms with E-state index in [-0.39, 0.29) is 5.82 Å². The minimum atomic E-state index is -0.489. The predicted molar refractivity (Wildman–Crippen MR) is 71.8 cm³/mol. The van der Waals surface area contributed by atoms with Crippen LogP contribution in [0.1, 0.15) is 22.1 Å². The molecule has 0 bridgehead atoms. The van der Waals surface area contributed by atoms with Crippen LogP contribution in [0.2, 0.25) is 0 Å². The first kappa shape index (κ1) is 12.9. The summed E-state index contributed by atoms with van der Waals surface area (Å²) in [6.45, 7) is 1.94. The molecule has 2 aromatic rings. The Morgan fingerprint density at radius 1 is 1.11 bits per heavy atom. The third-order valence-corrected chi connectivity index (χ3v) is 3.40. The lowest BCUT2D eigenvalue weighted by atomic mass is 9.99. The van der Waals surface area contributed by atoms with Gasteiger partial charge in [0.25, 0.3) is 0 Å². The molecule has 0 aliphatic carbocycles. The highest BCUT2D eigenvalue weighted by molar-refractivity contribution is 6.22. The number of methoxy groups -OCH3 is 1. The normalized spacial score (nSPS) is 12.2. The Hall–Kier alpha value is -1.54. The molecule has 1 atom stereocenters. The number of hydrogen-bond acceptors (Lipinski definition) is 1. The summed E-state index contributed by atoms with van der Waals surface area (Å²) in [5.74, 6) is 0.487. The van der Waals surface area contributed by atoms with Crippen LogP contribution in [0.5, 0.6) is 5.75 Å². The maximum atomic E-state index is 13.7. The highest BCUT2D eigenvalue weighted by atomic mass is 35.5. The van der Waals surface area contributed by atoms with E-state index in [4.69, 9.17) is 16.3 Å². The van der Waals surface area contributed by atoms with Crippen molar-refractivity contribution in [2.75, 3.05) is 7.11 Å². The van der Waals surface area contributed by atoms with E-state index in [0.717, 1.165) is 16.9 Å². The summed E-state index contributed by atoms with van der Waals surface area (Å²) in [4.78, 5) is 0.